The Morgan fingerprint density at radius 1 is 1.27 bits per heavy atom. The van der Waals surface area contributed by atoms with Crippen LogP contribution in [0.15, 0.2) is 0 Å². The summed E-state index contributed by atoms with van der Waals surface area (Å²) in [4.78, 5) is 0. The molecule has 4 atom stereocenters. The second kappa shape index (κ2) is 2.76. The quantitative estimate of drug-likeness (QED) is 0.506. The molecular formula is C10H19F. The van der Waals surface area contributed by atoms with E-state index < -0.39 is 5.67 Å². The van der Waals surface area contributed by atoms with E-state index in [1.807, 2.05) is 6.92 Å². The molecule has 1 aliphatic rings. The Hall–Kier alpha value is -0.0700. The van der Waals surface area contributed by atoms with Crippen LogP contribution in [-0.4, -0.2) is 5.67 Å². The summed E-state index contributed by atoms with van der Waals surface area (Å²) in [5.41, 5.74) is -0.920. The molecule has 1 fully saturated rings. The Bertz CT molecular complexity index is 140. The highest BCUT2D eigenvalue weighted by Crippen LogP contribution is 2.42. The van der Waals surface area contributed by atoms with Crippen molar-refractivity contribution >= 4 is 0 Å². The molecule has 0 N–H and O–H groups in total. The molecule has 4 unspecified atom stereocenters. The van der Waals surface area contributed by atoms with Crippen molar-refractivity contribution in [2.75, 3.05) is 0 Å². The van der Waals surface area contributed by atoms with Crippen LogP contribution in [0.5, 0.6) is 0 Å². The zero-order valence-electron chi connectivity index (χ0n) is 8.02. The Kier molecular flexibility index (Phi) is 2.27. The maximum absolute atomic E-state index is 13.8. The fraction of sp³-hybridized carbons (Fsp3) is 1.00. The third kappa shape index (κ3) is 1.74. The van der Waals surface area contributed by atoms with Crippen molar-refractivity contribution in [3.05, 3.63) is 0 Å². The van der Waals surface area contributed by atoms with Crippen molar-refractivity contribution in [2.24, 2.45) is 17.8 Å². The van der Waals surface area contributed by atoms with Gasteiger partial charge < -0.3 is 0 Å². The fourth-order valence-electron chi connectivity index (χ4n) is 2.38. The first kappa shape index (κ1) is 9.02. The van der Waals surface area contributed by atoms with Crippen LogP contribution in [0.4, 0.5) is 4.39 Å². The monoisotopic (exact) mass is 158 g/mol. The van der Waals surface area contributed by atoms with Crippen LogP contribution >= 0.6 is 0 Å². The molecule has 1 rings (SSSR count). The van der Waals surface area contributed by atoms with E-state index in [9.17, 15) is 4.39 Å². The van der Waals surface area contributed by atoms with Crippen molar-refractivity contribution in [2.45, 2.75) is 46.2 Å². The first-order valence-corrected chi connectivity index (χ1v) is 4.62. The lowest BCUT2D eigenvalue weighted by Crippen LogP contribution is -2.39. The fourth-order valence-corrected chi connectivity index (χ4v) is 2.38. The van der Waals surface area contributed by atoms with Gasteiger partial charge in [0, 0.05) is 0 Å². The van der Waals surface area contributed by atoms with E-state index in [1.54, 1.807) is 6.92 Å². The predicted octanol–water partition coefficient (Wildman–Crippen LogP) is 3.42. The molecule has 0 aromatic carbocycles. The van der Waals surface area contributed by atoms with E-state index >= 15 is 0 Å². The molecular weight excluding hydrogens is 139 g/mol. The number of halogens is 1. The number of rotatable bonds is 0. The molecule has 1 heteroatoms. The van der Waals surface area contributed by atoms with Gasteiger partial charge in [-0.3, -0.25) is 0 Å². The smallest absolute Gasteiger partial charge is 0.111 e. The third-order valence-corrected chi connectivity index (χ3v) is 3.32. The molecule has 0 bridgehead atoms. The highest BCUT2D eigenvalue weighted by atomic mass is 19.1. The second-order valence-electron chi connectivity index (χ2n) is 4.59. The zero-order valence-corrected chi connectivity index (χ0v) is 8.02. The SMILES string of the molecule is CC1CC(C)C(C)C(C)(F)C1. The maximum atomic E-state index is 13.8. The Morgan fingerprint density at radius 3 is 2.27 bits per heavy atom. The summed E-state index contributed by atoms with van der Waals surface area (Å²) >= 11 is 0. The molecule has 0 nitrogen and oxygen atoms in total. The summed E-state index contributed by atoms with van der Waals surface area (Å²) in [6, 6.07) is 0. The van der Waals surface area contributed by atoms with Gasteiger partial charge in [0.1, 0.15) is 5.67 Å². The molecule has 1 saturated carbocycles. The zero-order chi connectivity index (χ0) is 8.65. The Morgan fingerprint density at radius 2 is 1.82 bits per heavy atom. The third-order valence-electron chi connectivity index (χ3n) is 3.32. The number of hydrogen-bond donors (Lipinski definition) is 0. The van der Waals surface area contributed by atoms with Crippen LogP contribution in [0.1, 0.15) is 40.5 Å². The standard InChI is InChI=1S/C10H19F/c1-7-5-8(2)9(3)10(4,11)6-7/h7-9H,5-6H2,1-4H3. The van der Waals surface area contributed by atoms with E-state index in [2.05, 4.69) is 13.8 Å². The van der Waals surface area contributed by atoms with Crippen molar-refractivity contribution in [3.63, 3.8) is 0 Å². The molecule has 11 heavy (non-hydrogen) atoms. The lowest BCUT2D eigenvalue weighted by Gasteiger charge is -2.40. The second-order valence-corrected chi connectivity index (χ2v) is 4.59. The summed E-state index contributed by atoms with van der Waals surface area (Å²) in [6.07, 6.45) is 1.94. The molecule has 0 aromatic rings. The molecule has 0 aromatic heterocycles. The predicted molar refractivity (Wildman–Crippen MR) is 46.2 cm³/mol. The van der Waals surface area contributed by atoms with Gasteiger partial charge in [0.25, 0.3) is 0 Å². The minimum absolute atomic E-state index is 0.235. The molecule has 0 amide bonds. The van der Waals surface area contributed by atoms with Crippen LogP contribution in [0.3, 0.4) is 0 Å². The first-order valence-electron chi connectivity index (χ1n) is 4.62. The maximum Gasteiger partial charge on any atom is 0.111 e. The van der Waals surface area contributed by atoms with Gasteiger partial charge in [-0.1, -0.05) is 20.8 Å². The van der Waals surface area contributed by atoms with Crippen molar-refractivity contribution in [3.8, 4) is 0 Å². The average molecular weight is 158 g/mol. The van der Waals surface area contributed by atoms with Gasteiger partial charge in [0.2, 0.25) is 0 Å². The van der Waals surface area contributed by atoms with Crippen LogP contribution in [-0.2, 0) is 0 Å². The molecule has 0 radical (unpaired) electrons. The molecule has 0 spiro atoms. The minimum Gasteiger partial charge on any atom is -0.244 e. The Labute approximate surface area is 69.2 Å². The molecule has 1 aliphatic carbocycles. The van der Waals surface area contributed by atoms with Crippen LogP contribution in [0, 0.1) is 17.8 Å². The van der Waals surface area contributed by atoms with Gasteiger partial charge in [-0.05, 0) is 37.5 Å². The van der Waals surface area contributed by atoms with Crippen molar-refractivity contribution in [1.82, 2.24) is 0 Å². The highest BCUT2D eigenvalue weighted by molar-refractivity contribution is 4.89. The summed E-state index contributed by atoms with van der Waals surface area (Å²) in [5.74, 6) is 1.35. The van der Waals surface area contributed by atoms with Gasteiger partial charge in [-0.2, -0.15) is 0 Å². The van der Waals surface area contributed by atoms with Crippen LogP contribution in [0.2, 0.25) is 0 Å². The normalized spacial score (nSPS) is 52.6. The van der Waals surface area contributed by atoms with Crippen molar-refractivity contribution < 1.29 is 4.39 Å². The minimum atomic E-state index is -0.920. The Balaban J connectivity index is 2.67. The molecule has 0 heterocycles. The van der Waals surface area contributed by atoms with E-state index in [4.69, 9.17) is 0 Å². The largest absolute Gasteiger partial charge is 0.244 e. The summed E-state index contributed by atoms with van der Waals surface area (Å²) in [6.45, 7) is 8.11. The van der Waals surface area contributed by atoms with E-state index in [0.717, 1.165) is 6.42 Å². The van der Waals surface area contributed by atoms with Gasteiger partial charge in [-0.15, -0.1) is 0 Å². The topological polar surface area (TPSA) is 0 Å². The van der Waals surface area contributed by atoms with Gasteiger partial charge in [-0.25, -0.2) is 4.39 Å². The first-order chi connectivity index (χ1) is 4.93. The van der Waals surface area contributed by atoms with Crippen LogP contribution < -0.4 is 0 Å². The average Bonchev–Trinajstić information content (AvgIpc) is 1.81. The van der Waals surface area contributed by atoms with E-state index in [-0.39, 0.29) is 5.92 Å². The van der Waals surface area contributed by atoms with Crippen LogP contribution in [0.25, 0.3) is 0 Å². The molecule has 66 valence electrons. The summed E-state index contributed by atoms with van der Waals surface area (Å²) in [7, 11) is 0. The van der Waals surface area contributed by atoms with Crippen molar-refractivity contribution in [1.29, 1.82) is 0 Å². The summed E-state index contributed by atoms with van der Waals surface area (Å²) in [5, 5.41) is 0. The molecule has 0 aliphatic heterocycles. The van der Waals surface area contributed by atoms with E-state index in [1.165, 1.54) is 6.42 Å². The highest BCUT2D eigenvalue weighted by Gasteiger charge is 2.40. The summed E-state index contributed by atoms with van der Waals surface area (Å²) < 4.78 is 13.8. The van der Waals surface area contributed by atoms with Gasteiger partial charge in [0.05, 0.1) is 0 Å². The number of alkyl halides is 1. The lowest BCUT2D eigenvalue weighted by atomic mass is 9.69. The van der Waals surface area contributed by atoms with Gasteiger partial charge in [0.15, 0.2) is 0 Å². The lowest BCUT2D eigenvalue weighted by molar-refractivity contribution is 0.00835. The molecule has 0 saturated heterocycles. The van der Waals surface area contributed by atoms with E-state index in [0.29, 0.717) is 11.8 Å². The number of hydrogen-bond acceptors (Lipinski definition) is 0. The van der Waals surface area contributed by atoms with Gasteiger partial charge >= 0.3 is 0 Å².